The number of hydrogen-bond acceptors (Lipinski definition) is 2. The Balaban J connectivity index is 1.22. The first-order chi connectivity index (χ1) is 25.2. The SMILES string of the molecule is CCCCC(C)(C)c1nnc(-c2ccc(C)c(-c3ccc4c(c3)-c3ccccc3C43c4ccccc4-c4ccccc43)c2)n1-c1ccc(C)cc1C. The molecular formula is C49H45N3. The van der Waals surface area contributed by atoms with Crippen molar-refractivity contribution in [3.8, 4) is 50.5 Å². The average Bonchev–Trinajstić information content (AvgIpc) is 3.82. The first kappa shape index (κ1) is 32.4. The topological polar surface area (TPSA) is 30.7 Å². The zero-order valence-corrected chi connectivity index (χ0v) is 31.1. The molecule has 0 N–H and O–H groups in total. The fraction of sp³-hybridized carbons (Fsp3) is 0.224. The molecule has 2 aliphatic carbocycles. The average molecular weight is 676 g/mol. The Kier molecular flexibility index (Phi) is 7.48. The summed E-state index contributed by atoms with van der Waals surface area (Å²) in [6.45, 7) is 13.5. The molecule has 9 rings (SSSR count). The van der Waals surface area contributed by atoms with Crippen LogP contribution in [0.5, 0.6) is 0 Å². The maximum Gasteiger partial charge on any atom is 0.168 e. The minimum absolute atomic E-state index is 0.132. The van der Waals surface area contributed by atoms with Crippen LogP contribution in [-0.4, -0.2) is 14.8 Å². The third kappa shape index (κ3) is 4.64. The van der Waals surface area contributed by atoms with E-state index < -0.39 is 0 Å². The quantitative estimate of drug-likeness (QED) is 0.168. The van der Waals surface area contributed by atoms with Gasteiger partial charge in [0.2, 0.25) is 0 Å². The molecule has 2 aliphatic rings. The van der Waals surface area contributed by atoms with Gasteiger partial charge in [-0.3, -0.25) is 4.57 Å². The maximum atomic E-state index is 4.96. The van der Waals surface area contributed by atoms with E-state index in [0.29, 0.717) is 0 Å². The highest BCUT2D eigenvalue weighted by molar-refractivity contribution is 5.96. The van der Waals surface area contributed by atoms with E-state index in [0.717, 1.165) is 42.2 Å². The van der Waals surface area contributed by atoms with E-state index in [4.69, 9.17) is 10.2 Å². The summed E-state index contributed by atoms with van der Waals surface area (Å²) in [7, 11) is 0. The van der Waals surface area contributed by atoms with Crippen molar-refractivity contribution in [2.75, 3.05) is 0 Å². The minimum atomic E-state index is -0.335. The minimum Gasteiger partial charge on any atom is -0.278 e. The predicted molar refractivity (Wildman–Crippen MR) is 215 cm³/mol. The van der Waals surface area contributed by atoms with Crippen LogP contribution in [0, 0.1) is 20.8 Å². The third-order valence-corrected chi connectivity index (χ3v) is 11.8. The Bertz CT molecular complexity index is 2480. The van der Waals surface area contributed by atoms with Crippen LogP contribution < -0.4 is 0 Å². The second-order valence-electron chi connectivity index (χ2n) is 15.6. The molecule has 0 amide bonds. The Labute approximate surface area is 308 Å². The molecule has 256 valence electrons. The van der Waals surface area contributed by atoms with Crippen molar-refractivity contribution < 1.29 is 0 Å². The zero-order chi connectivity index (χ0) is 35.8. The molecule has 0 bridgehead atoms. The fourth-order valence-electron chi connectivity index (χ4n) is 9.26. The second kappa shape index (κ2) is 12.0. The van der Waals surface area contributed by atoms with Crippen LogP contribution in [-0.2, 0) is 10.8 Å². The van der Waals surface area contributed by atoms with Crippen LogP contribution in [0.4, 0.5) is 0 Å². The Hall–Kier alpha value is -5.54. The van der Waals surface area contributed by atoms with Gasteiger partial charge in [0, 0.05) is 11.0 Å². The van der Waals surface area contributed by atoms with E-state index in [-0.39, 0.29) is 10.8 Å². The monoisotopic (exact) mass is 675 g/mol. The first-order valence-corrected chi connectivity index (χ1v) is 18.8. The smallest absolute Gasteiger partial charge is 0.168 e. The number of benzene rings is 6. The van der Waals surface area contributed by atoms with Crippen LogP contribution in [0.15, 0.2) is 127 Å². The summed E-state index contributed by atoms with van der Waals surface area (Å²) in [6.07, 6.45) is 3.36. The molecule has 0 radical (unpaired) electrons. The third-order valence-electron chi connectivity index (χ3n) is 11.8. The van der Waals surface area contributed by atoms with Gasteiger partial charge in [-0.05, 0) is 112 Å². The van der Waals surface area contributed by atoms with Gasteiger partial charge in [-0.25, -0.2) is 0 Å². The molecule has 0 aliphatic heterocycles. The number of nitrogens with zero attached hydrogens (tertiary/aromatic N) is 3. The van der Waals surface area contributed by atoms with Gasteiger partial charge in [-0.1, -0.05) is 148 Å². The van der Waals surface area contributed by atoms with Gasteiger partial charge in [0.25, 0.3) is 0 Å². The molecular weight excluding hydrogens is 631 g/mol. The van der Waals surface area contributed by atoms with E-state index in [1.165, 1.54) is 72.3 Å². The van der Waals surface area contributed by atoms with Gasteiger partial charge in [0.05, 0.1) is 11.1 Å². The highest BCUT2D eigenvalue weighted by atomic mass is 15.3. The fourth-order valence-corrected chi connectivity index (χ4v) is 9.26. The van der Waals surface area contributed by atoms with Crippen LogP contribution >= 0.6 is 0 Å². The molecule has 0 saturated carbocycles. The van der Waals surface area contributed by atoms with Crippen LogP contribution in [0.3, 0.4) is 0 Å². The molecule has 0 fully saturated rings. The van der Waals surface area contributed by atoms with Crippen LogP contribution in [0.25, 0.3) is 50.5 Å². The van der Waals surface area contributed by atoms with Crippen molar-refractivity contribution in [3.63, 3.8) is 0 Å². The number of rotatable bonds is 7. The van der Waals surface area contributed by atoms with Crippen molar-refractivity contribution in [2.24, 2.45) is 0 Å². The largest absolute Gasteiger partial charge is 0.278 e. The highest BCUT2D eigenvalue weighted by Crippen LogP contribution is 2.63. The van der Waals surface area contributed by atoms with E-state index in [2.05, 4.69) is 174 Å². The standard InChI is InChI=1S/C49H45N3/c1-7-8-27-48(5,6)47-51-50-46(52(47)45-26-21-31(2)28-33(45)4)35-23-22-32(3)39(30-35)34-24-25-44-40(29-34)38-17-11-14-20-43(38)49(44)41-18-12-9-15-36(41)37-16-10-13-19-42(37)49/h9-26,28-30H,7-8,27H2,1-6H3. The molecule has 1 aromatic heterocycles. The molecule has 0 atom stereocenters. The van der Waals surface area contributed by atoms with Gasteiger partial charge in [0.1, 0.15) is 5.82 Å². The molecule has 52 heavy (non-hydrogen) atoms. The van der Waals surface area contributed by atoms with E-state index in [1.807, 2.05) is 0 Å². The number of fused-ring (bicyclic) bond motifs is 10. The molecule has 1 spiro atoms. The number of hydrogen-bond donors (Lipinski definition) is 0. The lowest BCUT2D eigenvalue weighted by molar-refractivity contribution is 0.425. The van der Waals surface area contributed by atoms with Gasteiger partial charge in [-0.15, -0.1) is 10.2 Å². The van der Waals surface area contributed by atoms with Crippen molar-refractivity contribution in [3.05, 3.63) is 172 Å². The maximum absolute atomic E-state index is 4.96. The summed E-state index contributed by atoms with van der Waals surface area (Å²) in [6, 6.07) is 47.7. The Morgan fingerprint density at radius 3 is 1.77 bits per heavy atom. The molecule has 0 saturated heterocycles. The predicted octanol–water partition coefficient (Wildman–Crippen LogP) is 12.3. The zero-order valence-electron chi connectivity index (χ0n) is 31.1. The van der Waals surface area contributed by atoms with Crippen LogP contribution in [0.2, 0.25) is 0 Å². The second-order valence-corrected chi connectivity index (χ2v) is 15.6. The summed E-state index contributed by atoms with van der Waals surface area (Å²) < 4.78 is 2.33. The highest BCUT2D eigenvalue weighted by Gasteiger charge is 2.51. The van der Waals surface area contributed by atoms with E-state index >= 15 is 0 Å². The lowest BCUT2D eigenvalue weighted by atomic mass is 9.70. The lowest BCUT2D eigenvalue weighted by Gasteiger charge is -2.30. The van der Waals surface area contributed by atoms with Gasteiger partial charge >= 0.3 is 0 Å². The first-order valence-electron chi connectivity index (χ1n) is 18.8. The molecule has 6 aromatic carbocycles. The summed E-state index contributed by atoms with van der Waals surface area (Å²) >= 11 is 0. The van der Waals surface area contributed by atoms with Gasteiger partial charge in [0.15, 0.2) is 5.82 Å². The summed E-state index contributed by atoms with van der Waals surface area (Å²) in [5, 5.41) is 9.90. The number of unbranched alkanes of at least 4 members (excludes halogenated alkanes) is 1. The van der Waals surface area contributed by atoms with Crippen LogP contribution in [0.1, 0.15) is 84.8 Å². The summed E-state index contributed by atoms with van der Waals surface area (Å²) in [5.74, 6) is 1.90. The van der Waals surface area contributed by atoms with E-state index in [9.17, 15) is 0 Å². The van der Waals surface area contributed by atoms with Gasteiger partial charge < -0.3 is 0 Å². The van der Waals surface area contributed by atoms with E-state index in [1.54, 1.807) is 0 Å². The molecule has 3 heteroatoms. The Morgan fingerprint density at radius 2 is 1.13 bits per heavy atom. The molecule has 3 nitrogen and oxygen atoms in total. The normalized spacial score (nSPS) is 13.6. The molecule has 7 aromatic rings. The van der Waals surface area contributed by atoms with Crippen molar-refractivity contribution in [2.45, 2.75) is 71.6 Å². The van der Waals surface area contributed by atoms with Crippen molar-refractivity contribution in [1.82, 2.24) is 14.8 Å². The molecule has 0 unspecified atom stereocenters. The number of aromatic nitrogens is 3. The van der Waals surface area contributed by atoms with Gasteiger partial charge in [-0.2, -0.15) is 0 Å². The molecule has 1 heterocycles. The van der Waals surface area contributed by atoms with Crippen molar-refractivity contribution in [1.29, 1.82) is 0 Å². The summed E-state index contributed by atoms with van der Waals surface area (Å²) in [4.78, 5) is 0. The number of aryl methyl sites for hydroxylation is 3. The van der Waals surface area contributed by atoms with Crippen molar-refractivity contribution >= 4 is 0 Å². The lowest BCUT2D eigenvalue weighted by Crippen LogP contribution is -2.25. The summed E-state index contributed by atoms with van der Waals surface area (Å²) in [5.41, 5.74) is 18.6. The Morgan fingerprint density at radius 1 is 0.558 bits per heavy atom.